The normalized spacial score (nSPS) is 10.7. The summed E-state index contributed by atoms with van der Waals surface area (Å²) in [6.45, 7) is 1.95. The Bertz CT molecular complexity index is 548. The lowest BCUT2D eigenvalue weighted by atomic mass is 10.2. The Balaban J connectivity index is 2.55. The molecule has 0 radical (unpaired) electrons. The first kappa shape index (κ1) is 11.5. The van der Waals surface area contributed by atoms with Gasteiger partial charge >= 0.3 is 0 Å². The van der Waals surface area contributed by atoms with Gasteiger partial charge in [0.15, 0.2) is 5.69 Å². The number of hydrogen-bond donors (Lipinski definition) is 1. The molecule has 0 bridgehead atoms. The zero-order chi connectivity index (χ0) is 12.4. The van der Waals surface area contributed by atoms with Gasteiger partial charge in [-0.2, -0.15) is 4.68 Å². The fourth-order valence-electron chi connectivity index (χ4n) is 1.42. The number of anilines is 1. The maximum absolute atomic E-state index is 11.2. The molecule has 0 aliphatic heterocycles. The minimum atomic E-state index is -0.672. The van der Waals surface area contributed by atoms with E-state index in [1.807, 2.05) is 6.92 Å². The highest BCUT2D eigenvalue weighted by atomic mass is 35.5. The highest BCUT2D eigenvalue weighted by molar-refractivity contribution is 6.67. The number of nitrogen functional groups attached to an aromatic ring is 1. The van der Waals surface area contributed by atoms with Gasteiger partial charge < -0.3 is 5.73 Å². The first-order valence-electron chi connectivity index (χ1n) is 4.88. The molecule has 8 nitrogen and oxygen atoms in total. The second-order valence-electron chi connectivity index (χ2n) is 3.29. The zero-order valence-corrected chi connectivity index (χ0v) is 9.68. The summed E-state index contributed by atoms with van der Waals surface area (Å²) in [5.74, 6) is 0.269. The van der Waals surface area contributed by atoms with Crippen LogP contribution in [0.3, 0.4) is 0 Å². The highest BCUT2D eigenvalue weighted by Gasteiger charge is 2.21. The molecule has 0 saturated carbocycles. The molecule has 90 valence electrons. The lowest BCUT2D eigenvalue weighted by molar-refractivity contribution is 0.107. The van der Waals surface area contributed by atoms with Crippen molar-refractivity contribution in [1.29, 1.82) is 0 Å². The van der Waals surface area contributed by atoms with Crippen molar-refractivity contribution in [3.05, 3.63) is 11.4 Å². The van der Waals surface area contributed by atoms with E-state index >= 15 is 0 Å². The topological polar surface area (TPSA) is 113 Å². The fourth-order valence-corrected chi connectivity index (χ4v) is 1.57. The molecular formula is C8H9ClN6O2. The minimum absolute atomic E-state index is 0.0702. The second-order valence-corrected chi connectivity index (χ2v) is 3.64. The quantitative estimate of drug-likeness (QED) is 0.795. The molecule has 0 aromatic carbocycles. The maximum Gasteiger partial charge on any atom is 0.274 e. The summed E-state index contributed by atoms with van der Waals surface area (Å²) in [6.07, 6.45) is 1.35. The molecule has 2 heterocycles. The van der Waals surface area contributed by atoms with Crippen LogP contribution in [0.1, 0.15) is 29.5 Å². The number of nitrogens with two attached hydrogens (primary N) is 1. The van der Waals surface area contributed by atoms with Crippen molar-refractivity contribution in [3.8, 4) is 5.82 Å². The van der Waals surface area contributed by atoms with E-state index in [4.69, 9.17) is 17.3 Å². The Morgan fingerprint density at radius 3 is 2.82 bits per heavy atom. The van der Waals surface area contributed by atoms with Crippen LogP contribution in [0.25, 0.3) is 5.82 Å². The lowest BCUT2D eigenvalue weighted by Crippen LogP contribution is -2.07. The molecule has 2 rings (SSSR count). The number of aromatic nitrogens is 5. The van der Waals surface area contributed by atoms with Crippen LogP contribution in [0.5, 0.6) is 0 Å². The van der Waals surface area contributed by atoms with Gasteiger partial charge in [-0.15, -0.1) is 5.10 Å². The molecule has 2 N–H and O–H groups in total. The van der Waals surface area contributed by atoms with Crippen LogP contribution in [0, 0.1) is 0 Å². The summed E-state index contributed by atoms with van der Waals surface area (Å²) < 4.78 is 5.78. The number of halogens is 1. The van der Waals surface area contributed by atoms with Crippen molar-refractivity contribution in [1.82, 2.24) is 25.3 Å². The van der Waals surface area contributed by atoms with Crippen molar-refractivity contribution in [2.24, 2.45) is 0 Å². The largest absolute Gasteiger partial charge is 0.378 e. The van der Waals surface area contributed by atoms with Crippen molar-refractivity contribution in [2.75, 3.05) is 5.73 Å². The third-order valence-electron chi connectivity index (χ3n) is 2.13. The molecule has 0 saturated heterocycles. The number of rotatable bonds is 4. The van der Waals surface area contributed by atoms with E-state index in [-0.39, 0.29) is 17.3 Å². The van der Waals surface area contributed by atoms with E-state index in [0.29, 0.717) is 12.1 Å². The predicted molar refractivity (Wildman–Crippen MR) is 57.8 cm³/mol. The average molecular weight is 257 g/mol. The van der Waals surface area contributed by atoms with Gasteiger partial charge in [-0.3, -0.25) is 4.79 Å². The van der Waals surface area contributed by atoms with Crippen molar-refractivity contribution < 1.29 is 9.42 Å². The summed E-state index contributed by atoms with van der Waals surface area (Å²) in [7, 11) is 0. The first-order chi connectivity index (χ1) is 8.15. The van der Waals surface area contributed by atoms with Crippen LogP contribution in [-0.2, 0) is 6.42 Å². The third-order valence-corrected chi connectivity index (χ3v) is 2.31. The third kappa shape index (κ3) is 1.98. The van der Waals surface area contributed by atoms with E-state index in [9.17, 15) is 4.79 Å². The van der Waals surface area contributed by atoms with Crippen molar-refractivity contribution in [2.45, 2.75) is 19.8 Å². The van der Waals surface area contributed by atoms with Crippen LogP contribution < -0.4 is 5.73 Å². The van der Waals surface area contributed by atoms with Gasteiger partial charge in [0, 0.05) is 0 Å². The van der Waals surface area contributed by atoms with Gasteiger partial charge in [0.05, 0.1) is 5.69 Å². The van der Waals surface area contributed by atoms with Gasteiger partial charge in [-0.25, -0.2) is 4.63 Å². The second kappa shape index (κ2) is 4.50. The number of carbonyl (C=O) groups is 1. The van der Waals surface area contributed by atoms with Crippen LogP contribution in [0.15, 0.2) is 4.63 Å². The smallest absolute Gasteiger partial charge is 0.274 e. The Morgan fingerprint density at radius 2 is 2.29 bits per heavy atom. The summed E-state index contributed by atoms with van der Waals surface area (Å²) in [4.78, 5) is 11.2. The van der Waals surface area contributed by atoms with Crippen molar-refractivity contribution in [3.63, 3.8) is 0 Å². The van der Waals surface area contributed by atoms with Crippen LogP contribution >= 0.6 is 11.6 Å². The van der Waals surface area contributed by atoms with Gasteiger partial charge in [0.2, 0.25) is 11.6 Å². The van der Waals surface area contributed by atoms with Crippen LogP contribution in [0.2, 0.25) is 0 Å². The molecule has 0 spiro atoms. The molecule has 17 heavy (non-hydrogen) atoms. The molecule has 0 unspecified atom stereocenters. The highest BCUT2D eigenvalue weighted by Crippen LogP contribution is 2.17. The van der Waals surface area contributed by atoms with Gasteiger partial charge in [-0.05, 0) is 28.3 Å². The number of hydrogen-bond acceptors (Lipinski definition) is 7. The molecule has 2 aromatic heterocycles. The summed E-state index contributed by atoms with van der Waals surface area (Å²) in [6, 6.07) is 0. The predicted octanol–water partition coefficient (Wildman–Crippen LogP) is 0.564. The SMILES string of the molecule is CCCc1c(C(=O)Cl)nnn1-c1nonc1N. The summed E-state index contributed by atoms with van der Waals surface area (Å²) in [5.41, 5.74) is 6.18. The molecule has 0 fully saturated rings. The van der Waals surface area contributed by atoms with E-state index in [2.05, 4.69) is 25.3 Å². The van der Waals surface area contributed by atoms with Crippen molar-refractivity contribution >= 4 is 22.7 Å². The van der Waals surface area contributed by atoms with E-state index in [0.717, 1.165) is 6.42 Å². The van der Waals surface area contributed by atoms with E-state index in [1.54, 1.807) is 0 Å². The Hall–Kier alpha value is -1.96. The first-order valence-corrected chi connectivity index (χ1v) is 5.25. The standard InChI is InChI=1S/C8H9ClN6O2/c1-2-3-4-5(6(9)16)11-14-15(4)8-7(10)12-17-13-8/h2-3H2,1H3,(H2,10,12). The van der Waals surface area contributed by atoms with Gasteiger partial charge in [0.1, 0.15) is 0 Å². The van der Waals surface area contributed by atoms with E-state index in [1.165, 1.54) is 4.68 Å². The van der Waals surface area contributed by atoms with Crippen LogP contribution in [0.4, 0.5) is 5.82 Å². The number of nitrogens with zero attached hydrogens (tertiary/aromatic N) is 5. The van der Waals surface area contributed by atoms with Gasteiger partial charge in [0.25, 0.3) is 5.24 Å². The zero-order valence-electron chi connectivity index (χ0n) is 8.92. The van der Waals surface area contributed by atoms with E-state index < -0.39 is 5.24 Å². The molecule has 0 amide bonds. The average Bonchev–Trinajstić information content (AvgIpc) is 2.85. The van der Waals surface area contributed by atoms with Crippen LogP contribution in [-0.4, -0.2) is 30.5 Å². The molecule has 2 aromatic rings. The molecule has 0 aliphatic rings. The molecule has 9 heteroatoms. The fraction of sp³-hybridized carbons (Fsp3) is 0.375. The van der Waals surface area contributed by atoms with Gasteiger partial charge in [-0.1, -0.05) is 18.6 Å². The lowest BCUT2D eigenvalue weighted by Gasteiger charge is -2.01. The summed E-state index contributed by atoms with van der Waals surface area (Å²) >= 11 is 5.41. The Labute approximate surface area is 101 Å². The molecular weight excluding hydrogens is 248 g/mol. The Morgan fingerprint density at radius 1 is 1.53 bits per heavy atom. The monoisotopic (exact) mass is 256 g/mol. The Kier molecular flexibility index (Phi) is 3.05. The molecule has 0 atom stereocenters. The summed E-state index contributed by atoms with van der Waals surface area (Å²) in [5, 5.41) is 13.8. The maximum atomic E-state index is 11.2. The minimum Gasteiger partial charge on any atom is -0.378 e. The molecule has 0 aliphatic carbocycles. The number of carbonyl (C=O) groups excluding carboxylic acids is 1.